The van der Waals surface area contributed by atoms with Crippen molar-refractivity contribution in [3.8, 4) is 10.6 Å². The minimum absolute atomic E-state index is 0.220. The smallest absolute Gasteiger partial charge is 0.319 e. The summed E-state index contributed by atoms with van der Waals surface area (Å²) in [6.07, 6.45) is 0. The Labute approximate surface area is 170 Å². The maximum Gasteiger partial charge on any atom is 0.319 e. The summed E-state index contributed by atoms with van der Waals surface area (Å²) in [7, 11) is 2.07. The first kappa shape index (κ1) is 17.8. The molecule has 0 saturated heterocycles. The van der Waals surface area contributed by atoms with Gasteiger partial charge in [-0.15, -0.1) is 11.3 Å². The molecule has 2 N–H and O–H groups in total. The number of para-hydroxylation sites is 1. The minimum atomic E-state index is -0.220. The predicted molar refractivity (Wildman–Crippen MR) is 116 cm³/mol. The molecular weight excluding hydrogens is 422 g/mol. The number of urea groups is 1. The Kier molecular flexibility index (Phi) is 5.01. The number of carbonyl (C=O) groups is 1. The van der Waals surface area contributed by atoms with Gasteiger partial charge in [-0.3, -0.25) is 0 Å². The van der Waals surface area contributed by atoms with Crippen LogP contribution >= 0.6 is 27.3 Å². The molecule has 0 atom stereocenters. The fourth-order valence-electron chi connectivity index (χ4n) is 3.26. The molecule has 0 bridgehead atoms. The molecule has 0 aliphatic carbocycles. The van der Waals surface area contributed by atoms with Gasteiger partial charge in [0.05, 0.1) is 10.6 Å². The molecule has 2 amide bonds. The standard InChI is InChI=1S/C21H18BrN3OS/c1-25-18-6-3-2-5-16(18)17(20(25)19-7-4-12-27-19)13-23-21(26)24-15-10-8-14(22)9-11-15/h2-12H,13H2,1H3,(H2,23,24,26). The molecule has 136 valence electrons. The van der Waals surface area contributed by atoms with E-state index < -0.39 is 0 Å². The zero-order valence-corrected chi connectivity index (χ0v) is 17.1. The fraction of sp³-hybridized carbons (Fsp3) is 0.0952. The van der Waals surface area contributed by atoms with Gasteiger partial charge in [0, 0.05) is 40.2 Å². The molecule has 6 heteroatoms. The first-order valence-electron chi connectivity index (χ1n) is 8.54. The lowest BCUT2D eigenvalue weighted by molar-refractivity contribution is 0.252. The number of rotatable bonds is 4. The third-order valence-electron chi connectivity index (χ3n) is 4.49. The monoisotopic (exact) mass is 439 g/mol. The van der Waals surface area contributed by atoms with E-state index in [2.05, 4.69) is 67.8 Å². The van der Waals surface area contributed by atoms with Crippen molar-refractivity contribution in [2.24, 2.45) is 7.05 Å². The topological polar surface area (TPSA) is 46.1 Å². The lowest BCUT2D eigenvalue weighted by Crippen LogP contribution is -2.28. The highest BCUT2D eigenvalue weighted by Crippen LogP contribution is 2.35. The number of halogens is 1. The maximum absolute atomic E-state index is 12.4. The number of anilines is 1. The number of nitrogens with one attached hydrogen (secondary N) is 2. The number of hydrogen-bond donors (Lipinski definition) is 2. The molecule has 27 heavy (non-hydrogen) atoms. The van der Waals surface area contributed by atoms with Crippen molar-refractivity contribution in [3.05, 3.63) is 76.1 Å². The van der Waals surface area contributed by atoms with E-state index in [0.29, 0.717) is 6.54 Å². The number of hydrogen-bond acceptors (Lipinski definition) is 2. The largest absolute Gasteiger partial charge is 0.343 e. The Morgan fingerprint density at radius 3 is 2.59 bits per heavy atom. The lowest BCUT2D eigenvalue weighted by Gasteiger charge is -2.10. The van der Waals surface area contributed by atoms with Gasteiger partial charge in [-0.25, -0.2) is 4.79 Å². The van der Waals surface area contributed by atoms with Gasteiger partial charge in [0.15, 0.2) is 0 Å². The normalized spacial score (nSPS) is 10.9. The second-order valence-corrected chi connectivity index (χ2v) is 8.06. The molecule has 4 rings (SSSR count). The maximum atomic E-state index is 12.4. The van der Waals surface area contributed by atoms with Crippen molar-refractivity contribution in [3.63, 3.8) is 0 Å². The van der Waals surface area contributed by atoms with Crippen molar-refractivity contribution in [2.75, 3.05) is 5.32 Å². The Morgan fingerprint density at radius 2 is 1.85 bits per heavy atom. The number of nitrogens with zero attached hydrogens (tertiary/aromatic N) is 1. The number of amides is 2. The predicted octanol–water partition coefficient (Wildman–Crippen LogP) is 5.99. The zero-order chi connectivity index (χ0) is 18.8. The van der Waals surface area contributed by atoms with E-state index in [1.54, 1.807) is 11.3 Å². The SMILES string of the molecule is Cn1c(-c2cccs2)c(CNC(=O)Nc2ccc(Br)cc2)c2ccccc21. The molecule has 4 nitrogen and oxygen atoms in total. The van der Waals surface area contributed by atoms with Gasteiger partial charge in [0.25, 0.3) is 0 Å². The first-order chi connectivity index (χ1) is 13.1. The first-order valence-corrected chi connectivity index (χ1v) is 10.2. The summed E-state index contributed by atoms with van der Waals surface area (Å²) in [5, 5.41) is 9.11. The van der Waals surface area contributed by atoms with E-state index in [9.17, 15) is 4.79 Å². The van der Waals surface area contributed by atoms with Gasteiger partial charge in [0.1, 0.15) is 0 Å². The van der Waals surface area contributed by atoms with Crippen LogP contribution in [-0.4, -0.2) is 10.6 Å². The molecular formula is C21H18BrN3OS. The number of aryl methyl sites for hydroxylation is 1. The summed E-state index contributed by atoms with van der Waals surface area (Å²) in [5.74, 6) is 0. The zero-order valence-electron chi connectivity index (χ0n) is 14.7. The average molecular weight is 440 g/mol. The van der Waals surface area contributed by atoms with Gasteiger partial charge in [-0.05, 0) is 41.8 Å². The van der Waals surface area contributed by atoms with Crippen molar-refractivity contribution < 1.29 is 4.79 Å². The Morgan fingerprint density at radius 1 is 1.07 bits per heavy atom. The number of aromatic nitrogens is 1. The van der Waals surface area contributed by atoms with Crippen LogP contribution in [0.2, 0.25) is 0 Å². The van der Waals surface area contributed by atoms with E-state index >= 15 is 0 Å². The highest BCUT2D eigenvalue weighted by atomic mass is 79.9. The summed E-state index contributed by atoms with van der Waals surface area (Å²) in [6, 6.07) is 19.8. The molecule has 0 radical (unpaired) electrons. The Balaban J connectivity index is 1.60. The molecule has 4 aromatic rings. The van der Waals surface area contributed by atoms with Gasteiger partial charge < -0.3 is 15.2 Å². The molecule has 0 aliphatic rings. The van der Waals surface area contributed by atoms with Gasteiger partial charge in [-0.2, -0.15) is 0 Å². The summed E-state index contributed by atoms with van der Waals surface area (Å²) < 4.78 is 3.18. The van der Waals surface area contributed by atoms with Crippen LogP contribution in [0.1, 0.15) is 5.56 Å². The molecule has 0 aliphatic heterocycles. The summed E-state index contributed by atoms with van der Waals surface area (Å²) in [4.78, 5) is 13.6. The number of thiophene rings is 1. The van der Waals surface area contributed by atoms with E-state index in [4.69, 9.17) is 0 Å². The molecule has 2 aromatic heterocycles. The summed E-state index contributed by atoms with van der Waals surface area (Å²) in [5.41, 5.74) is 4.19. The molecule has 2 heterocycles. The van der Waals surface area contributed by atoms with Gasteiger partial charge in [-0.1, -0.05) is 40.2 Å². The van der Waals surface area contributed by atoms with Crippen LogP contribution in [0.15, 0.2) is 70.5 Å². The van der Waals surface area contributed by atoms with Crippen molar-refractivity contribution in [1.82, 2.24) is 9.88 Å². The van der Waals surface area contributed by atoms with Crippen molar-refractivity contribution in [1.29, 1.82) is 0 Å². The minimum Gasteiger partial charge on any atom is -0.343 e. The van der Waals surface area contributed by atoms with Crippen LogP contribution in [-0.2, 0) is 13.6 Å². The molecule has 0 fully saturated rings. The van der Waals surface area contributed by atoms with Gasteiger partial charge in [0.2, 0.25) is 0 Å². The second-order valence-electron chi connectivity index (χ2n) is 6.20. The van der Waals surface area contributed by atoms with E-state index in [1.807, 2.05) is 36.4 Å². The highest BCUT2D eigenvalue weighted by Gasteiger charge is 2.17. The van der Waals surface area contributed by atoms with Crippen molar-refractivity contribution in [2.45, 2.75) is 6.54 Å². The number of fused-ring (bicyclic) bond motifs is 1. The lowest BCUT2D eigenvalue weighted by atomic mass is 10.1. The van der Waals surface area contributed by atoms with Crippen LogP contribution < -0.4 is 10.6 Å². The van der Waals surface area contributed by atoms with E-state index in [-0.39, 0.29) is 6.03 Å². The molecule has 0 spiro atoms. The Hall–Kier alpha value is -2.57. The number of benzene rings is 2. The number of carbonyl (C=O) groups excluding carboxylic acids is 1. The van der Waals surface area contributed by atoms with Crippen LogP contribution in [0, 0.1) is 0 Å². The quantitative estimate of drug-likeness (QED) is 0.402. The van der Waals surface area contributed by atoms with Crippen molar-refractivity contribution >= 4 is 49.9 Å². The third kappa shape index (κ3) is 3.63. The fourth-order valence-corrected chi connectivity index (χ4v) is 4.35. The van der Waals surface area contributed by atoms with Crippen LogP contribution in [0.4, 0.5) is 10.5 Å². The van der Waals surface area contributed by atoms with Crippen LogP contribution in [0.5, 0.6) is 0 Å². The van der Waals surface area contributed by atoms with E-state index in [0.717, 1.165) is 32.3 Å². The molecule has 0 unspecified atom stereocenters. The third-order valence-corrected chi connectivity index (χ3v) is 5.90. The summed E-state index contributed by atoms with van der Waals surface area (Å²) in [6.45, 7) is 0.455. The summed E-state index contributed by atoms with van der Waals surface area (Å²) >= 11 is 5.10. The van der Waals surface area contributed by atoms with Crippen LogP contribution in [0.25, 0.3) is 21.5 Å². The Bertz CT molecular complexity index is 1080. The second kappa shape index (κ2) is 7.58. The molecule has 0 saturated carbocycles. The average Bonchev–Trinajstić information content (AvgIpc) is 3.29. The van der Waals surface area contributed by atoms with E-state index in [1.165, 1.54) is 4.88 Å². The molecule has 2 aromatic carbocycles. The van der Waals surface area contributed by atoms with Gasteiger partial charge >= 0.3 is 6.03 Å². The van der Waals surface area contributed by atoms with Crippen LogP contribution in [0.3, 0.4) is 0 Å². The highest BCUT2D eigenvalue weighted by molar-refractivity contribution is 9.10.